The predicted octanol–water partition coefficient (Wildman–Crippen LogP) is 0.150. The van der Waals surface area contributed by atoms with Crippen molar-refractivity contribution < 1.29 is 19.1 Å². The first kappa shape index (κ1) is 8.41. The standard InChI is InChI=1S/C10H12O4/c1-3-7-5(4(2)11)6-9(13-7)8(3)14-10(6)12/h3,5-9H,1-2H3/t3-,5?,6?,7?,8?,9?/m0/s1. The third kappa shape index (κ3) is 0.741. The van der Waals surface area contributed by atoms with Crippen LogP contribution in [-0.2, 0) is 19.1 Å². The summed E-state index contributed by atoms with van der Waals surface area (Å²) in [5.41, 5.74) is 0. The van der Waals surface area contributed by atoms with Crippen LogP contribution < -0.4 is 0 Å². The van der Waals surface area contributed by atoms with E-state index in [-0.39, 0.29) is 47.8 Å². The summed E-state index contributed by atoms with van der Waals surface area (Å²) in [6.45, 7) is 3.52. The Morgan fingerprint density at radius 1 is 1.29 bits per heavy atom. The van der Waals surface area contributed by atoms with Gasteiger partial charge in [-0.05, 0) is 6.92 Å². The van der Waals surface area contributed by atoms with Gasteiger partial charge in [-0.2, -0.15) is 0 Å². The van der Waals surface area contributed by atoms with E-state index in [1.165, 1.54) is 6.92 Å². The molecular formula is C10H12O4. The molecule has 0 aromatic carbocycles. The molecule has 0 aromatic rings. The van der Waals surface area contributed by atoms with E-state index < -0.39 is 0 Å². The van der Waals surface area contributed by atoms with Gasteiger partial charge in [0.25, 0.3) is 0 Å². The molecule has 0 spiro atoms. The van der Waals surface area contributed by atoms with Gasteiger partial charge in [0, 0.05) is 5.92 Å². The molecule has 0 N–H and O–H groups in total. The van der Waals surface area contributed by atoms with Crippen LogP contribution in [0.3, 0.4) is 0 Å². The van der Waals surface area contributed by atoms with Crippen LogP contribution in [0.15, 0.2) is 0 Å². The number of Topliss-reactive ketones (excluding diaryl/α,β-unsaturated/α-hetero) is 1. The molecule has 4 heteroatoms. The van der Waals surface area contributed by atoms with Crippen LogP contribution in [-0.4, -0.2) is 30.1 Å². The van der Waals surface area contributed by atoms with Crippen LogP contribution in [0.25, 0.3) is 0 Å². The van der Waals surface area contributed by atoms with Crippen LogP contribution in [0.5, 0.6) is 0 Å². The van der Waals surface area contributed by atoms with Gasteiger partial charge >= 0.3 is 5.97 Å². The molecular weight excluding hydrogens is 184 g/mol. The number of ether oxygens (including phenoxy) is 2. The highest BCUT2D eigenvalue weighted by Crippen LogP contribution is 2.52. The molecule has 4 nitrogen and oxygen atoms in total. The zero-order chi connectivity index (χ0) is 10.0. The van der Waals surface area contributed by atoms with Crippen LogP contribution in [0.1, 0.15) is 13.8 Å². The van der Waals surface area contributed by atoms with E-state index in [0.29, 0.717) is 0 Å². The normalized spacial score (nSPS) is 53.7. The van der Waals surface area contributed by atoms with Crippen molar-refractivity contribution >= 4 is 11.8 Å². The van der Waals surface area contributed by atoms with Crippen molar-refractivity contribution in [3.05, 3.63) is 0 Å². The molecule has 2 bridgehead atoms. The number of hydrogen-bond donors (Lipinski definition) is 0. The third-order valence-corrected chi connectivity index (χ3v) is 3.76. The van der Waals surface area contributed by atoms with E-state index in [4.69, 9.17) is 9.47 Å². The largest absolute Gasteiger partial charge is 0.459 e. The number of carbonyl (C=O) groups is 2. The Labute approximate surface area is 81.6 Å². The van der Waals surface area contributed by atoms with E-state index in [2.05, 4.69) is 0 Å². The SMILES string of the molecule is CC(=O)C1C2C(=O)OC3C2OC1[C@@H]3C. The highest BCUT2D eigenvalue weighted by atomic mass is 16.6. The summed E-state index contributed by atoms with van der Waals surface area (Å²) in [4.78, 5) is 22.9. The van der Waals surface area contributed by atoms with Gasteiger partial charge in [0.05, 0.1) is 17.9 Å². The lowest BCUT2D eigenvalue weighted by atomic mass is 9.73. The van der Waals surface area contributed by atoms with E-state index in [9.17, 15) is 9.59 Å². The molecule has 3 saturated heterocycles. The summed E-state index contributed by atoms with van der Waals surface area (Å²) in [6.07, 6.45) is -0.358. The first-order valence-electron chi connectivity index (χ1n) is 4.97. The molecule has 76 valence electrons. The quantitative estimate of drug-likeness (QED) is 0.560. The fourth-order valence-corrected chi connectivity index (χ4v) is 3.13. The zero-order valence-corrected chi connectivity index (χ0v) is 8.10. The molecule has 0 radical (unpaired) electrons. The average Bonchev–Trinajstić information content (AvgIpc) is 2.67. The second-order valence-electron chi connectivity index (χ2n) is 4.49. The Hall–Kier alpha value is -0.900. The number of fused-ring (bicyclic) bond motifs is 1. The van der Waals surface area contributed by atoms with Gasteiger partial charge in [-0.3, -0.25) is 9.59 Å². The van der Waals surface area contributed by atoms with Crippen molar-refractivity contribution in [2.45, 2.75) is 32.2 Å². The van der Waals surface area contributed by atoms with Crippen LogP contribution in [0, 0.1) is 17.8 Å². The Balaban J connectivity index is 2.04. The molecule has 5 unspecified atom stereocenters. The Kier molecular flexibility index (Phi) is 1.42. The second kappa shape index (κ2) is 2.37. The third-order valence-electron chi connectivity index (χ3n) is 3.76. The molecule has 3 fully saturated rings. The monoisotopic (exact) mass is 196 g/mol. The average molecular weight is 196 g/mol. The maximum Gasteiger partial charge on any atom is 0.312 e. The maximum absolute atomic E-state index is 11.5. The van der Waals surface area contributed by atoms with Gasteiger partial charge in [0.2, 0.25) is 0 Å². The number of hydrogen-bond acceptors (Lipinski definition) is 4. The van der Waals surface area contributed by atoms with Gasteiger partial charge in [0.15, 0.2) is 0 Å². The van der Waals surface area contributed by atoms with Crippen molar-refractivity contribution in [3.8, 4) is 0 Å². The molecule has 0 saturated carbocycles. The second-order valence-corrected chi connectivity index (χ2v) is 4.49. The van der Waals surface area contributed by atoms with Crippen molar-refractivity contribution in [1.82, 2.24) is 0 Å². The molecule has 3 aliphatic heterocycles. The van der Waals surface area contributed by atoms with E-state index in [0.717, 1.165) is 0 Å². The summed E-state index contributed by atoms with van der Waals surface area (Å²) < 4.78 is 10.9. The predicted molar refractivity (Wildman–Crippen MR) is 45.4 cm³/mol. The van der Waals surface area contributed by atoms with Crippen LogP contribution in [0.2, 0.25) is 0 Å². The highest BCUT2D eigenvalue weighted by molar-refractivity contribution is 5.88. The Bertz CT molecular complexity index is 324. The first-order valence-corrected chi connectivity index (χ1v) is 4.97. The molecule has 14 heavy (non-hydrogen) atoms. The molecule has 6 atom stereocenters. The van der Waals surface area contributed by atoms with Crippen molar-refractivity contribution in [2.24, 2.45) is 17.8 Å². The summed E-state index contributed by atoms with van der Waals surface area (Å²) in [5, 5.41) is 0. The topological polar surface area (TPSA) is 52.6 Å². The Morgan fingerprint density at radius 2 is 2.00 bits per heavy atom. The lowest BCUT2D eigenvalue weighted by molar-refractivity contribution is -0.145. The molecule has 3 aliphatic rings. The van der Waals surface area contributed by atoms with Crippen LogP contribution >= 0.6 is 0 Å². The number of rotatable bonds is 1. The van der Waals surface area contributed by atoms with Crippen LogP contribution in [0.4, 0.5) is 0 Å². The maximum atomic E-state index is 11.5. The minimum Gasteiger partial charge on any atom is -0.459 e. The van der Waals surface area contributed by atoms with Crippen molar-refractivity contribution in [1.29, 1.82) is 0 Å². The van der Waals surface area contributed by atoms with Crippen molar-refractivity contribution in [3.63, 3.8) is 0 Å². The van der Waals surface area contributed by atoms with E-state index >= 15 is 0 Å². The number of esters is 1. The molecule has 0 aromatic heterocycles. The van der Waals surface area contributed by atoms with E-state index in [1.54, 1.807) is 0 Å². The zero-order valence-electron chi connectivity index (χ0n) is 8.10. The minimum atomic E-state index is -0.321. The minimum absolute atomic E-state index is 0.0478. The van der Waals surface area contributed by atoms with Gasteiger partial charge < -0.3 is 9.47 Å². The first-order chi connectivity index (χ1) is 6.61. The lowest BCUT2D eigenvalue weighted by Crippen LogP contribution is -2.40. The summed E-state index contributed by atoms with van der Waals surface area (Å²) in [5.74, 6) is -0.616. The molecule has 3 rings (SSSR count). The van der Waals surface area contributed by atoms with E-state index in [1.807, 2.05) is 6.92 Å². The highest BCUT2D eigenvalue weighted by Gasteiger charge is 2.67. The fourth-order valence-electron chi connectivity index (χ4n) is 3.13. The van der Waals surface area contributed by atoms with Gasteiger partial charge in [-0.1, -0.05) is 6.92 Å². The number of carbonyl (C=O) groups excluding carboxylic acids is 2. The van der Waals surface area contributed by atoms with Gasteiger partial charge in [0.1, 0.15) is 18.0 Å². The van der Waals surface area contributed by atoms with Crippen molar-refractivity contribution in [2.75, 3.05) is 0 Å². The van der Waals surface area contributed by atoms with Gasteiger partial charge in [-0.25, -0.2) is 0 Å². The number of ketones is 1. The fraction of sp³-hybridized carbons (Fsp3) is 0.800. The lowest BCUT2D eigenvalue weighted by Gasteiger charge is -2.23. The molecule has 3 heterocycles. The van der Waals surface area contributed by atoms with Gasteiger partial charge in [-0.15, -0.1) is 0 Å². The molecule has 0 aliphatic carbocycles. The Morgan fingerprint density at radius 3 is 2.64 bits per heavy atom. The summed E-state index contributed by atoms with van der Waals surface area (Å²) >= 11 is 0. The summed E-state index contributed by atoms with van der Waals surface area (Å²) in [6, 6.07) is 0. The summed E-state index contributed by atoms with van der Waals surface area (Å²) in [7, 11) is 0. The smallest absolute Gasteiger partial charge is 0.312 e. The molecule has 0 amide bonds.